The maximum atomic E-state index is 9.28. The van der Waals surface area contributed by atoms with Crippen molar-refractivity contribution < 1.29 is 15.3 Å². The summed E-state index contributed by atoms with van der Waals surface area (Å²) in [6.07, 6.45) is -2.85. The lowest BCUT2D eigenvalue weighted by Crippen LogP contribution is -2.46. The molecule has 72 valence electrons. The van der Waals surface area contributed by atoms with Crippen LogP contribution >= 0.6 is 11.6 Å². The smallest absolute Gasteiger partial charge is 0.118 e. The largest absolute Gasteiger partial charge is 0.390 e. The lowest BCUT2D eigenvalue weighted by Gasteiger charge is -2.30. The number of azide groups is 1. The molecular weight excluding hydrogens is 198 g/mol. The molecule has 0 radical (unpaired) electrons. The van der Waals surface area contributed by atoms with Crippen molar-refractivity contribution in [1.82, 2.24) is 0 Å². The van der Waals surface area contributed by atoms with Gasteiger partial charge >= 0.3 is 0 Å². The fourth-order valence-electron chi connectivity index (χ4n) is 1.07. The normalized spacial score (nSPS) is 39.2. The Bertz CT molecular complexity index is 276. The van der Waals surface area contributed by atoms with Crippen LogP contribution in [0.1, 0.15) is 0 Å². The second-order valence-electron chi connectivity index (χ2n) is 2.67. The van der Waals surface area contributed by atoms with E-state index >= 15 is 0 Å². The molecule has 0 unspecified atom stereocenters. The summed E-state index contributed by atoms with van der Waals surface area (Å²) in [5, 5.41) is 30.8. The van der Waals surface area contributed by atoms with Gasteiger partial charge in [0.15, 0.2) is 0 Å². The minimum Gasteiger partial charge on any atom is -0.390 e. The van der Waals surface area contributed by atoms with Crippen LogP contribution < -0.4 is 0 Å². The van der Waals surface area contributed by atoms with E-state index in [-0.39, 0.29) is 5.03 Å². The van der Waals surface area contributed by atoms with E-state index < -0.39 is 24.4 Å². The van der Waals surface area contributed by atoms with Crippen LogP contribution in [-0.4, -0.2) is 39.7 Å². The Hall–Kier alpha value is -0.780. The highest BCUT2D eigenvalue weighted by molar-refractivity contribution is 6.30. The molecule has 0 bridgehead atoms. The van der Waals surface area contributed by atoms with E-state index in [1.807, 2.05) is 0 Å². The molecule has 0 aromatic carbocycles. The van der Waals surface area contributed by atoms with Crippen molar-refractivity contribution in [2.45, 2.75) is 24.4 Å². The van der Waals surface area contributed by atoms with Crippen molar-refractivity contribution in [3.63, 3.8) is 0 Å². The first-order valence-corrected chi connectivity index (χ1v) is 3.91. The zero-order valence-corrected chi connectivity index (χ0v) is 7.20. The minimum atomic E-state index is -1.42. The van der Waals surface area contributed by atoms with Crippen LogP contribution in [0.25, 0.3) is 10.4 Å². The first-order chi connectivity index (χ1) is 6.07. The number of aliphatic hydroxyl groups is 3. The third-order valence-corrected chi connectivity index (χ3v) is 2.17. The molecule has 3 N–H and O–H groups in total. The highest BCUT2D eigenvalue weighted by Gasteiger charge is 2.36. The zero-order valence-electron chi connectivity index (χ0n) is 6.45. The van der Waals surface area contributed by atoms with Gasteiger partial charge < -0.3 is 15.3 Å². The summed E-state index contributed by atoms with van der Waals surface area (Å²) >= 11 is 5.51. The van der Waals surface area contributed by atoms with Gasteiger partial charge in [-0.05, 0) is 5.53 Å². The van der Waals surface area contributed by atoms with E-state index in [1.54, 1.807) is 0 Å². The molecule has 0 amide bonds. The fourth-order valence-corrected chi connectivity index (χ4v) is 1.33. The Morgan fingerprint density at radius 1 is 1.38 bits per heavy atom. The quantitative estimate of drug-likeness (QED) is 0.315. The van der Waals surface area contributed by atoms with E-state index in [1.165, 1.54) is 6.08 Å². The molecule has 6 nitrogen and oxygen atoms in total. The number of hydrogen-bond donors (Lipinski definition) is 3. The van der Waals surface area contributed by atoms with Gasteiger partial charge in [0, 0.05) is 9.94 Å². The Morgan fingerprint density at radius 3 is 2.54 bits per heavy atom. The molecule has 0 spiro atoms. The van der Waals surface area contributed by atoms with Crippen LogP contribution in [0.5, 0.6) is 0 Å². The lowest BCUT2D eigenvalue weighted by molar-refractivity contribution is -0.0536. The molecule has 0 saturated carbocycles. The van der Waals surface area contributed by atoms with Crippen LogP contribution in [0.15, 0.2) is 16.2 Å². The van der Waals surface area contributed by atoms with E-state index in [0.717, 1.165) is 0 Å². The Kier molecular flexibility index (Phi) is 3.13. The molecule has 0 fully saturated rings. The molecular formula is C6H8ClN3O3. The van der Waals surface area contributed by atoms with Crippen molar-refractivity contribution in [3.8, 4) is 0 Å². The lowest BCUT2D eigenvalue weighted by atomic mass is 9.95. The van der Waals surface area contributed by atoms with E-state index in [9.17, 15) is 10.2 Å². The minimum absolute atomic E-state index is 0.0322. The van der Waals surface area contributed by atoms with Crippen molar-refractivity contribution in [3.05, 3.63) is 21.6 Å². The molecule has 7 heteroatoms. The number of rotatable bonds is 1. The predicted molar refractivity (Wildman–Crippen MR) is 44.9 cm³/mol. The van der Waals surface area contributed by atoms with E-state index in [2.05, 4.69) is 10.0 Å². The summed E-state index contributed by atoms with van der Waals surface area (Å²) in [6, 6.07) is -0.934. The molecule has 0 heterocycles. The highest BCUT2D eigenvalue weighted by Crippen LogP contribution is 2.24. The monoisotopic (exact) mass is 205 g/mol. The van der Waals surface area contributed by atoms with Gasteiger partial charge in [-0.3, -0.25) is 0 Å². The van der Waals surface area contributed by atoms with Gasteiger partial charge in [0.2, 0.25) is 0 Å². The number of halogens is 1. The topological polar surface area (TPSA) is 109 Å². The molecule has 1 aliphatic carbocycles. The molecule has 0 aromatic heterocycles. The Balaban J connectivity index is 2.95. The van der Waals surface area contributed by atoms with Gasteiger partial charge in [0.05, 0.1) is 12.1 Å². The molecule has 0 aromatic rings. The molecule has 4 atom stereocenters. The summed E-state index contributed by atoms with van der Waals surface area (Å²) in [5.74, 6) is 0. The second-order valence-corrected chi connectivity index (χ2v) is 3.11. The predicted octanol–water partition coefficient (Wildman–Crippen LogP) is -0.116. The maximum Gasteiger partial charge on any atom is 0.118 e. The van der Waals surface area contributed by atoms with Crippen molar-refractivity contribution in [1.29, 1.82) is 0 Å². The van der Waals surface area contributed by atoms with E-state index in [4.69, 9.17) is 22.2 Å². The molecule has 0 aliphatic heterocycles. The maximum absolute atomic E-state index is 9.28. The molecule has 1 rings (SSSR count). The van der Waals surface area contributed by atoms with Crippen molar-refractivity contribution >= 4 is 11.6 Å². The third kappa shape index (κ3) is 1.93. The first-order valence-electron chi connectivity index (χ1n) is 3.53. The van der Waals surface area contributed by atoms with Gasteiger partial charge in [-0.25, -0.2) is 0 Å². The molecule has 13 heavy (non-hydrogen) atoms. The highest BCUT2D eigenvalue weighted by atomic mass is 35.5. The fraction of sp³-hybridized carbons (Fsp3) is 0.667. The number of hydrogen-bond acceptors (Lipinski definition) is 4. The second kappa shape index (κ2) is 3.95. The standard InChI is InChI=1S/C6H8ClN3O3/c7-2-1-3(9-10-8)5(12)6(13)4(2)11/h1,3-6,11-13H/t3-,4+,5+,6+/m0/s1. The number of nitrogens with zero attached hydrogens (tertiary/aromatic N) is 3. The van der Waals surface area contributed by atoms with E-state index in [0.29, 0.717) is 0 Å². The van der Waals surface area contributed by atoms with Crippen LogP contribution in [0.3, 0.4) is 0 Å². The Morgan fingerprint density at radius 2 is 2.00 bits per heavy atom. The van der Waals surface area contributed by atoms with Crippen LogP contribution in [0, 0.1) is 0 Å². The summed E-state index contributed by atoms with van der Waals surface area (Å²) in [5.41, 5.74) is 8.11. The summed E-state index contributed by atoms with van der Waals surface area (Å²) in [4.78, 5) is 2.47. The van der Waals surface area contributed by atoms with Crippen molar-refractivity contribution in [2.75, 3.05) is 0 Å². The summed E-state index contributed by atoms with van der Waals surface area (Å²) < 4.78 is 0. The van der Waals surface area contributed by atoms with Crippen LogP contribution in [0.2, 0.25) is 0 Å². The summed E-state index contributed by atoms with van der Waals surface area (Å²) in [6.45, 7) is 0. The van der Waals surface area contributed by atoms with Gasteiger partial charge in [0.25, 0.3) is 0 Å². The van der Waals surface area contributed by atoms with Crippen molar-refractivity contribution in [2.24, 2.45) is 5.11 Å². The first kappa shape index (κ1) is 10.3. The van der Waals surface area contributed by atoms with Crippen LogP contribution in [-0.2, 0) is 0 Å². The SMILES string of the molecule is [N-]=[N+]=N[C@H]1C=C(Cl)[C@@H](O)[C@@H](O)[C@@H]1O. The third-order valence-electron chi connectivity index (χ3n) is 1.82. The zero-order chi connectivity index (χ0) is 10.0. The Labute approximate surface area is 78.7 Å². The molecule has 0 saturated heterocycles. The number of aliphatic hydroxyl groups excluding tert-OH is 3. The molecule has 1 aliphatic rings. The average Bonchev–Trinajstić information content (AvgIpc) is 2.11. The van der Waals surface area contributed by atoms with Crippen LogP contribution in [0.4, 0.5) is 0 Å². The van der Waals surface area contributed by atoms with Gasteiger partial charge in [-0.1, -0.05) is 22.8 Å². The van der Waals surface area contributed by atoms with Gasteiger partial charge in [0.1, 0.15) is 12.2 Å². The average molecular weight is 206 g/mol. The summed E-state index contributed by atoms with van der Waals surface area (Å²) in [7, 11) is 0. The van der Waals surface area contributed by atoms with Gasteiger partial charge in [-0.15, -0.1) is 0 Å². The van der Waals surface area contributed by atoms with Gasteiger partial charge in [-0.2, -0.15) is 0 Å².